The largest absolute Gasteiger partial charge is 0.355 e. The standard InChI is InChI=1S/C31H25ClN2O4S/c1-3-27-25(14-16-30(36)21-7-5-4-6-8-21)26-19-22(9-15-28(26)33-27)31(37)29(34-38-20(2)35)17-18-39-24-12-10-23(32)11-13-24/h3-16,19,33H,1,17-18H2,2H3/b16-14+,34-29+. The molecule has 0 unspecified atom stereocenters. The van der Waals surface area contributed by atoms with E-state index in [9.17, 15) is 14.4 Å². The Morgan fingerprint density at radius 3 is 2.46 bits per heavy atom. The number of nitrogens with zero attached hydrogens (tertiary/aromatic N) is 1. The summed E-state index contributed by atoms with van der Waals surface area (Å²) in [5.41, 5.74) is 3.32. The first-order valence-corrected chi connectivity index (χ1v) is 13.4. The van der Waals surface area contributed by atoms with Gasteiger partial charge in [0.05, 0.1) is 0 Å². The van der Waals surface area contributed by atoms with Crippen LogP contribution in [0.5, 0.6) is 0 Å². The molecule has 1 heterocycles. The van der Waals surface area contributed by atoms with Crippen LogP contribution in [0.1, 0.15) is 45.3 Å². The fourth-order valence-corrected chi connectivity index (χ4v) is 4.84. The van der Waals surface area contributed by atoms with Gasteiger partial charge in [0.2, 0.25) is 5.78 Å². The zero-order chi connectivity index (χ0) is 27.8. The lowest BCUT2D eigenvalue weighted by Crippen LogP contribution is -2.16. The van der Waals surface area contributed by atoms with Crippen molar-refractivity contribution in [3.63, 3.8) is 0 Å². The number of rotatable bonds is 11. The van der Waals surface area contributed by atoms with Gasteiger partial charge in [0, 0.05) is 62.3 Å². The highest BCUT2D eigenvalue weighted by molar-refractivity contribution is 7.99. The van der Waals surface area contributed by atoms with Gasteiger partial charge in [-0.15, -0.1) is 11.8 Å². The Morgan fingerprint density at radius 2 is 1.77 bits per heavy atom. The second kappa shape index (κ2) is 13.0. The average Bonchev–Trinajstić information content (AvgIpc) is 3.31. The van der Waals surface area contributed by atoms with Crippen LogP contribution in [0.3, 0.4) is 0 Å². The summed E-state index contributed by atoms with van der Waals surface area (Å²) in [4.78, 5) is 46.6. The van der Waals surface area contributed by atoms with E-state index in [1.54, 1.807) is 54.6 Å². The van der Waals surface area contributed by atoms with Crippen molar-refractivity contribution < 1.29 is 19.2 Å². The molecule has 3 aromatic carbocycles. The molecule has 0 aliphatic carbocycles. The van der Waals surface area contributed by atoms with Crippen LogP contribution < -0.4 is 0 Å². The molecule has 0 spiro atoms. The van der Waals surface area contributed by atoms with Gasteiger partial charge >= 0.3 is 5.97 Å². The number of thioether (sulfide) groups is 1. The van der Waals surface area contributed by atoms with E-state index in [1.165, 1.54) is 24.8 Å². The second-order valence-corrected chi connectivity index (χ2v) is 10.1. The van der Waals surface area contributed by atoms with Crippen LogP contribution in [0.15, 0.2) is 95.5 Å². The van der Waals surface area contributed by atoms with Gasteiger partial charge in [-0.25, -0.2) is 4.79 Å². The molecule has 39 heavy (non-hydrogen) atoms. The molecule has 0 aliphatic heterocycles. The van der Waals surface area contributed by atoms with Crippen LogP contribution in [0.25, 0.3) is 23.1 Å². The molecular formula is C31H25ClN2O4S. The first-order valence-electron chi connectivity index (χ1n) is 12.1. The third-order valence-corrected chi connectivity index (χ3v) is 7.03. The van der Waals surface area contributed by atoms with Crippen LogP contribution >= 0.6 is 23.4 Å². The number of fused-ring (bicyclic) bond motifs is 1. The monoisotopic (exact) mass is 556 g/mol. The minimum Gasteiger partial charge on any atom is -0.355 e. The summed E-state index contributed by atoms with van der Waals surface area (Å²) in [6.07, 6.45) is 5.16. The number of hydrogen-bond acceptors (Lipinski definition) is 6. The van der Waals surface area contributed by atoms with Crippen molar-refractivity contribution in [2.45, 2.75) is 18.2 Å². The quantitative estimate of drug-likeness (QED) is 0.0512. The van der Waals surface area contributed by atoms with E-state index in [0.717, 1.165) is 27.1 Å². The third-order valence-electron chi connectivity index (χ3n) is 5.76. The van der Waals surface area contributed by atoms with Crippen molar-refractivity contribution in [1.29, 1.82) is 0 Å². The number of oxime groups is 1. The van der Waals surface area contributed by atoms with Crippen molar-refractivity contribution in [2.24, 2.45) is 5.16 Å². The maximum absolute atomic E-state index is 13.5. The summed E-state index contributed by atoms with van der Waals surface area (Å²) < 4.78 is 0. The number of benzene rings is 3. The molecule has 4 rings (SSSR count). The molecule has 8 heteroatoms. The van der Waals surface area contributed by atoms with Crippen molar-refractivity contribution in [1.82, 2.24) is 4.98 Å². The van der Waals surface area contributed by atoms with Gasteiger partial charge in [-0.3, -0.25) is 9.59 Å². The fourth-order valence-electron chi connectivity index (χ4n) is 3.86. The maximum Gasteiger partial charge on any atom is 0.331 e. The van der Waals surface area contributed by atoms with Crippen molar-refractivity contribution in [3.8, 4) is 0 Å². The first kappa shape index (κ1) is 27.8. The Labute approximate surface area is 235 Å². The Morgan fingerprint density at radius 1 is 1.03 bits per heavy atom. The summed E-state index contributed by atoms with van der Waals surface area (Å²) in [5.74, 6) is -0.568. The van der Waals surface area contributed by atoms with Gasteiger partial charge in [0.15, 0.2) is 5.78 Å². The Balaban J connectivity index is 1.60. The summed E-state index contributed by atoms with van der Waals surface area (Å²) >= 11 is 7.49. The molecule has 0 radical (unpaired) electrons. The molecule has 1 aromatic heterocycles. The van der Waals surface area contributed by atoms with Crippen molar-refractivity contribution in [2.75, 3.05) is 5.75 Å². The van der Waals surface area contributed by atoms with E-state index in [0.29, 0.717) is 21.9 Å². The van der Waals surface area contributed by atoms with Gasteiger partial charge < -0.3 is 9.82 Å². The minimum absolute atomic E-state index is 0.127. The molecule has 4 aromatic rings. The SMILES string of the molecule is C=Cc1[nH]c2ccc(C(=O)/C(CCSc3ccc(Cl)cc3)=N/OC(C)=O)cc2c1/C=C/C(=O)c1ccccc1. The number of ketones is 2. The molecule has 0 saturated carbocycles. The number of nitrogens with one attached hydrogen (secondary N) is 1. The number of Topliss-reactive ketones (excluding diaryl/α,β-unsaturated/α-hetero) is 1. The summed E-state index contributed by atoms with van der Waals surface area (Å²) in [7, 11) is 0. The zero-order valence-electron chi connectivity index (χ0n) is 21.1. The van der Waals surface area contributed by atoms with E-state index in [2.05, 4.69) is 16.7 Å². The number of carbonyl (C=O) groups is 3. The lowest BCUT2D eigenvalue weighted by molar-refractivity contribution is -0.140. The number of allylic oxidation sites excluding steroid dienone is 1. The van der Waals surface area contributed by atoms with E-state index in [1.807, 2.05) is 30.3 Å². The van der Waals surface area contributed by atoms with Crippen LogP contribution in [0, 0.1) is 0 Å². The average molecular weight is 557 g/mol. The van der Waals surface area contributed by atoms with E-state index < -0.39 is 5.97 Å². The van der Waals surface area contributed by atoms with E-state index >= 15 is 0 Å². The fraction of sp³-hybridized carbons (Fsp3) is 0.0968. The number of aromatic amines is 1. The highest BCUT2D eigenvalue weighted by Crippen LogP contribution is 2.27. The van der Waals surface area contributed by atoms with Crippen LogP contribution in [0.4, 0.5) is 0 Å². The normalized spacial score (nSPS) is 11.6. The number of hydrogen-bond donors (Lipinski definition) is 1. The number of H-pyrrole nitrogens is 1. The van der Waals surface area contributed by atoms with E-state index in [-0.39, 0.29) is 23.7 Å². The number of halogens is 1. The topological polar surface area (TPSA) is 88.6 Å². The van der Waals surface area contributed by atoms with Gasteiger partial charge in [0.25, 0.3) is 0 Å². The first-order chi connectivity index (χ1) is 18.9. The van der Waals surface area contributed by atoms with Crippen LogP contribution in [-0.2, 0) is 9.63 Å². The maximum atomic E-state index is 13.5. The predicted octanol–water partition coefficient (Wildman–Crippen LogP) is 7.64. The molecule has 0 bridgehead atoms. The second-order valence-electron chi connectivity index (χ2n) is 8.48. The molecular weight excluding hydrogens is 532 g/mol. The highest BCUT2D eigenvalue weighted by Gasteiger charge is 2.18. The minimum atomic E-state index is -0.613. The molecule has 0 amide bonds. The number of aromatic nitrogens is 1. The Hall–Kier alpha value is -4.20. The zero-order valence-corrected chi connectivity index (χ0v) is 22.7. The molecule has 6 nitrogen and oxygen atoms in total. The molecule has 0 fully saturated rings. The Kier molecular flexibility index (Phi) is 9.31. The third kappa shape index (κ3) is 7.22. The smallest absolute Gasteiger partial charge is 0.331 e. The summed E-state index contributed by atoms with van der Waals surface area (Å²) in [5, 5.41) is 5.25. The van der Waals surface area contributed by atoms with Gasteiger partial charge in [-0.05, 0) is 60.7 Å². The van der Waals surface area contributed by atoms with Crippen LogP contribution in [-0.4, -0.2) is 34.0 Å². The van der Waals surface area contributed by atoms with Gasteiger partial charge in [-0.1, -0.05) is 53.7 Å². The molecule has 0 atom stereocenters. The van der Waals surface area contributed by atoms with E-state index in [4.69, 9.17) is 16.4 Å². The van der Waals surface area contributed by atoms with Crippen LogP contribution in [0.2, 0.25) is 5.02 Å². The summed E-state index contributed by atoms with van der Waals surface area (Å²) in [6, 6.07) is 21.6. The van der Waals surface area contributed by atoms with Crippen molar-refractivity contribution in [3.05, 3.63) is 113 Å². The molecule has 196 valence electrons. The summed E-state index contributed by atoms with van der Waals surface area (Å²) in [6.45, 7) is 5.10. The predicted molar refractivity (Wildman–Crippen MR) is 159 cm³/mol. The van der Waals surface area contributed by atoms with Gasteiger partial charge in [0.1, 0.15) is 5.71 Å². The molecule has 0 saturated heterocycles. The molecule has 0 aliphatic rings. The van der Waals surface area contributed by atoms with Gasteiger partial charge in [-0.2, -0.15) is 0 Å². The lowest BCUT2D eigenvalue weighted by atomic mass is 10.0. The molecule has 1 N–H and O–H groups in total. The lowest BCUT2D eigenvalue weighted by Gasteiger charge is -2.07. The Bertz CT molecular complexity index is 1590. The van der Waals surface area contributed by atoms with Crippen molar-refractivity contribution >= 4 is 69.7 Å². The highest BCUT2D eigenvalue weighted by atomic mass is 35.5. The number of carbonyl (C=O) groups excluding carboxylic acids is 3.